The van der Waals surface area contributed by atoms with Crippen LogP contribution in [0, 0.1) is 0 Å². The number of nitrogens with zero attached hydrogens (tertiary/aromatic N) is 4. The highest BCUT2D eigenvalue weighted by Crippen LogP contribution is 2.18. The molecule has 1 aromatic rings. The van der Waals surface area contributed by atoms with E-state index in [2.05, 4.69) is 15.4 Å². The van der Waals surface area contributed by atoms with Crippen molar-refractivity contribution in [3.05, 3.63) is 12.2 Å². The molecule has 1 saturated heterocycles. The first-order valence-corrected chi connectivity index (χ1v) is 5.77. The van der Waals surface area contributed by atoms with Crippen molar-refractivity contribution in [1.82, 2.24) is 25.0 Å². The van der Waals surface area contributed by atoms with E-state index in [4.69, 9.17) is 5.11 Å². The van der Waals surface area contributed by atoms with Crippen LogP contribution in [0.3, 0.4) is 0 Å². The highest BCUT2D eigenvalue weighted by molar-refractivity contribution is 5.83. The maximum atomic E-state index is 11.9. The number of carboxylic acids is 1. The van der Waals surface area contributed by atoms with Crippen LogP contribution >= 0.6 is 0 Å². The average Bonchev–Trinajstić information content (AvgIpc) is 2.92. The van der Waals surface area contributed by atoms with E-state index in [0.717, 1.165) is 4.90 Å². The van der Waals surface area contributed by atoms with Gasteiger partial charge < -0.3 is 20.4 Å². The SMILES string of the molecule is Cn1cnc(CNC(=O)N2C[C@H](O)C[C@@H]2C(=O)O)n1. The summed E-state index contributed by atoms with van der Waals surface area (Å²) < 4.78 is 1.50. The van der Waals surface area contributed by atoms with Crippen molar-refractivity contribution in [2.75, 3.05) is 6.54 Å². The number of carboxylic acid groups (broad SMARTS) is 1. The van der Waals surface area contributed by atoms with Crippen LogP contribution in [0.1, 0.15) is 12.2 Å². The summed E-state index contributed by atoms with van der Waals surface area (Å²) in [5.74, 6) is -0.690. The fraction of sp³-hybridized carbons (Fsp3) is 0.600. The zero-order chi connectivity index (χ0) is 14.0. The molecule has 0 unspecified atom stereocenters. The lowest BCUT2D eigenvalue weighted by Gasteiger charge is -2.21. The number of carbonyl (C=O) groups excluding carboxylic acids is 1. The van der Waals surface area contributed by atoms with E-state index >= 15 is 0 Å². The van der Waals surface area contributed by atoms with Crippen LogP contribution in [0.5, 0.6) is 0 Å². The Hall–Kier alpha value is -2.16. The van der Waals surface area contributed by atoms with Crippen molar-refractivity contribution in [3.63, 3.8) is 0 Å². The summed E-state index contributed by atoms with van der Waals surface area (Å²) in [5.41, 5.74) is 0. The number of aliphatic hydroxyl groups is 1. The first-order valence-electron chi connectivity index (χ1n) is 5.77. The minimum absolute atomic E-state index is 0.0123. The maximum absolute atomic E-state index is 11.9. The second kappa shape index (κ2) is 5.22. The molecule has 1 fully saturated rings. The van der Waals surface area contributed by atoms with Gasteiger partial charge in [0.05, 0.1) is 12.6 Å². The number of β-amino-alcohol motifs (C(OH)–C–C–N with tert-alkyl or cyclic N) is 1. The number of hydrogen-bond acceptors (Lipinski definition) is 5. The van der Waals surface area contributed by atoms with Gasteiger partial charge in [-0.05, 0) is 0 Å². The summed E-state index contributed by atoms with van der Waals surface area (Å²) >= 11 is 0. The number of carbonyl (C=O) groups is 2. The molecule has 0 aromatic carbocycles. The van der Waals surface area contributed by atoms with Gasteiger partial charge in [0.1, 0.15) is 12.4 Å². The summed E-state index contributed by atoms with van der Waals surface area (Å²) in [5, 5.41) is 24.9. The molecule has 2 atom stereocenters. The van der Waals surface area contributed by atoms with E-state index < -0.39 is 24.1 Å². The zero-order valence-corrected chi connectivity index (χ0v) is 10.4. The second-order valence-electron chi connectivity index (χ2n) is 4.39. The molecule has 0 aliphatic carbocycles. The number of urea groups is 1. The zero-order valence-electron chi connectivity index (χ0n) is 10.4. The summed E-state index contributed by atoms with van der Waals surface area (Å²) in [6.07, 6.45) is 0.742. The van der Waals surface area contributed by atoms with Crippen molar-refractivity contribution < 1.29 is 19.8 Å². The highest BCUT2D eigenvalue weighted by atomic mass is 16.4. The van der Waals surface area contributed by atoms with Gasteiger partial charge in [0, 0.05) is 20.0 Å². The number of aliphatic carboxylic acids is 1. The van der Waals surface area contributed by atoms with Gasteiger partial charge in [-0.3, -0.25) is 4.68 Å². The molecule has 1 aliphatic heterocycles. The Morgan fingerprint density at radius 2 is 2.32 bits per heavy atom. The van der Waals surface area contributed by atoms with Gasteiger partial charge in [0.25, 0.3) is 0 Å². The van der Waals surface area contributed by atoms with E-state index in [9.17, 15) is 14.7 Å². The first kappa shape index (κ1) is 13.3. The van der Waals surface area contributed by atoms with Crippen molar-refractivity contribution in [3.8, 4) is 0 Å². The predicted octanol–water partition coefficient (Wildman–Crippen LogP) is -1.46. The van der Waals surface area contributed by atoms with Crippen molar-refractivity contribution >= 4 is 12.0 Å². The van der Waals surface area contributed by atoms with Crippen molar-refractivity contribution in [1.29, 1.82) is 0 Å². The van der Waals surface area contributed by atoms with Gasteiger partial charge in [-0.15, -0.1) is 0 Å². The number of hydrogen-bond donors (Lipinski definition) is 3. The lowest BCUT2D eigenvalue weighted by atomic mass is 10.2. The molecule has 9 nitrogen and oxygen atoms in total. The number of amides is 2. The highest BCUT2D eigenvalue weighted by Gasteiger charge is 2.38. The van der Waals surface area contributed by atoms with Crippen LogP contribution in [0.2, 0.25) is 0 Å². The smallest absolute Gasteiger partial charge is 0.326 e. The average molecular weight is 269 g/mol. The molecular weight excluding hydrogens is 254 g/mol. The third kappa shape index (κ3) is 2.99. The third-order valence-corrected chi connectivity index (χ3v) is 2.87. The standard InChI is InChI=1S/C10H15N5O4/c1-14-5-12-8(13-14)3-11-10(19)15-4-6(16)2-7(15)9(17)18/h5-7,16H,2-4H2,1H3,(H,11,19)(H,17,18)/t6-,7-/m1/s1. The summed E-state index contributed by atoms with van der Waals surface area (Å²) in [6.45, 7) is 0.122. The Balaban J connectivity index is 1.93. The van der Waals surface area contributed by atoms with Crippen LogP contribution in [-0.4, -0.2) is 60.6 Å². The molecule has 19 heavy (non-hydrogen) atoms. The molecule has 0 bridgehead atoms. The molecule has 9 heteroatoms. The summed E-state index contributed by atoms with van der Waals surface area (Å²) in [4.78, 5) is 27.9. The molecule has 104 valence electrons. The quantitative estimate of drug-likeness (QED) is 0.617. The number of rotatable bonds is 3. The molecule has 2 heterocycles. The summed E-state index contributed by atoms with van der Waals surface area (Å²) in [6, 6.07) is -1.54. The van der Waals surface area contributed by atoms with Crippen LogP contribution in [-0.2, 0) is 18.4 Å². The Morgan fingerprint density at radius 3 is 2.89 bits per heavy atom. The molecule has 3 N–H and O–H groups in total. The summed E-state index contributed by atoms with van der Waals surface area (Å²) in [7, 11) is 1.70. The maximum Gasteiger partial charge on any atom is 0.326 e. The topological polar surface area (TPSA) is 121 Å². The number of aliphatic hydroxyl groups excluding tert-OH is 1. The number of nitrogens with one attached hydrogen (secondary N) is 1. The van der Waals surface area contributed by atoms with E-state index in [1.54, 1.807) is 7.05 Å². The Kier molecular flexibility index (Phi) is 3.65. The fourth-order valence-electron chi connectivity index (χ4n) is 1.99. The Bertz CT molecular complexity index is 488. The van der Waals surface area contributed by atoms with Crippen LogP contribution in [0.4, 0.5) is 4.79 Å². The van der Waals surface area contributed by atoms with Crippen LogP contribution in [0.25, 0.3) is 0 Å². The molecule has 2 rings (SSSR count). The normalized spacial score (nSPS) is 22.5. The predicted molar refractivity (Wildman–Crippen MR) is 62.0 cm³/mol. The Labute approximate surface area is 108 Å². The van der Waals surface area contributed by atoms with Crippen molar-refractivity contribution in [2.24, 2.45) is 7.05 Å². The van der Waals surface area contributed by atoms with Gasteiger partial charge in [-0.2, -0.15) is 5.10 Å². The third-order valence-electron chi connectivity index (χ3n) is 2.87. The van der Waals surface area contributed by atoms with E-state index in [-0.39, 0.29) is 19.5 Å². The van der Waals surface area contributed by atoms with Crippen LogP contribution in [0.15, 0.2) is 6.33 Å². The largest absolute Gasteiger partial charge is 0.480 e. The van der Waals surface area contributed by atoms with Gasteiger partial charge >= 0.3 is 12.0 Å². The first-order chi connectivity index (χ1) is 8.97. The Morgan fingerprint density at radius 1 is 1.58 bits per heavy atom. The van der Waals surface area contributed by atoms with E-state index in [0.29, 0.717) is 5.82 Å². The fourth-order valence-corrected chi connectivity index (χ4v) is 1.99. The van der Waals surface area contributed by atoms with E-state index in [1.807, 2.05) is 0 Å². The monoisotopic (exact) mass is 269 g/mol. The minimum atomic E-state index is -1.12. The van der Waals surface area contributed by atoms with Gasteiger partial charge in [-0.1, -0.05) is 0 Å². The minimum Gasteiger partial charge on any atom is -0.480 e. The second-order valence-corrected chi connectivity index (χ2v) is 4.39. The molecule has 0 radical (unpaired) electrons. The van der Waals surface area contributed by atoms with Gasteiger partial charge in [0.15, 0.2) is 5.82 Å². The number of likely N-dealkylation sites (tertiary alicyclic amines) is 1. The van der Waals surface area contributed by atoms with Crippen LogP contribution < -0.4 is 5.32 Å². The molecule has 0 spiro atoms. The molecule has 0 saturated carbocycles. The van der Waals surface area contributed by atoms with Gasteiger partial charge in [-0.25, -0.2) is 14.6 Å². The molecular formula is C10H15N5O4. The number of aryl methyl sites for hydroxylation is 1. The number of aromatic nitrogens is 3. The molecule has 1 aliphatic rings. The van der Waals surface area contributed by atoms with Crippen molar-refractivity contribution in [2.45, 2.75) is 25.1 Å². The molecule has 2 amide bonds. The lowest BCUT2D eigenvalue weighted by Crippen LogP contribution is -2.46. The van der Waals surface area contributed by atoms with Gasteiger partial charge in [0.2, 0.25) is 0 Å². The van der Waals surface area contributed by atoms with E-state index in [1.165, 1.54) is 11.0 Å². The molecule has 1 aromatic heterocycles. The lowest BCUT2D eigenvalue weighted by molar-refractivity contribution is -0.141.